The van der Waals surface area contributed by atoms with Gasteiger partial charge in [0.05, 0.1) is 0 Å². The van der Waals surface area contributed by atoms with Gasteiger partial charge in [-0.05, 0) is 37.1 Å². The number of carboxylic acid groups (broad SMARTS) is 1. The first-order valence-electron chi connectivity index (χ1n) is 4.48. The number of carboxylic acids is 1. The molecule has 1 aromatic rings. The first-order valence-corrected chi connectivity index (χ1v) is 4.48. The number of nitrogens with one attached hydrogen (secondary N) is 1. The van der Waals surface area contributed by atoms with E-state index in [1.807, 2.05) is 12.1 Å². The van der Waals surface area contributed by atoms with E-state index in [1.54, 1.807) is 12.1 Å². The smallest absolute Gasteiger partial charge is 0.0415 e. The fraction of sp³-hybridized carbons (Fsp3) is 0.300. The number of nitrogen functional groups attached to an aromatic ring is 1. The normalized spacial score (nSPS) is 9.71. The van der Waals surface area contributed by atoms with E-state index >= 15 is 0 Å². The number of carbonyl (C=O) groups is 1. The number of benzene rings is 1. The Hall–Kier alpha value is -1.71. The van der Waals surface area contributed by atoms with Gasteiger partial charge in [-0.15, -0.1) is 0 Å². The van der Waals surface area contributed by atoms with Crippen molar-refractivity contribution in [2.24, 2.45) is 0 Å². The molecule has 1 rings (SSSR count). The molecule has 0 saturated carbocycles. The van der Waals surface area contributed by atoms with Crippen molar-refractivity contribution < 1.29 is 9.90 Å². The van der Waals surface area contributed by atoms with Crippen LogP contribution in [0.4, 0.5) is 11.4 Å². The molecule has 0 atom stereocenters. The lowest BCUT2D eigenvalue weighted by Crippen LogP contribution is -2.22. The van der Waals surface area contributed by atoms with Gasteiger partial charge in [0.2, 0.25) is 0 Å². The predicted molar refractivity (Wildman–Crippen MR) is 53.6 cm³/mol. The van der Waals surface area contributed by atoms with Crippen molar-refractivity contribution in [2.75, 3.05) is 17.6 Å². The van der Waals surface area contributed by atoms with Gasteiger partial charge in [0.1, 0.15) is 0 Å². The van der Waals surface area contributed by atoms with E-state index in [2.05, 4.69) is 5.32 Å². The number of carbonyl (C=O) groups excluding carboxylic acids is 1. The van der Waals surface area contributed by atoms with Crippen molar-refractivity contribution >= 4 is 17.3 Å². The molecule has 0 saturated heterocycles. The standard InChI is InChI=1S/C10H14N2O2/c11-8-3-5-9(6-4-8)12-7-1-2-10(13)14/h3-6,12H,1-2,7,11H2,(H,13,14)/p-1. The van der Waals surface area contributed by atoms with Crippen molar-refractivity contribution in [3.8, 4) is 0 Å². The SMILES string of the molecule is Nc1ccc(NCCCC(=O)[O-])cc1. The van der Waals surface area contributed by atoms with Crippen LogP contribution in [0, 0.1) is 0 Å². The molecule has 14 heavy (non-hydrogen) atoms. The Morgan fingerprint density at radius 2 is 2.00 bits per heavy atom. The molecule has 0 heterocycles. The number of hydrogen-bond donors (Lipinski definition) is 2. The minimum Gasteiger partial charge on any atom is -0.550 e. The lowest BCUT2D eigenvalue weighted by atomic mass is 10.2. The van der Waals surface area contributed by atoms with Gasteiger partial charge in [0, 0.05) is 23.9 Å². The molecule has 0 aromatic heterocycles. The highest BCUT2D eigenvalue weighted by atomic mass is 16.4. The zero-order valence-electron chi connectivity index (χ0n) is 7.82. The van der Waals surface area contributed by atoms with E-state index in [4.69, 9.17) is 5.73 Å². The van der Waals surface area contributed by atoms with E-state index in [0.717, 1.165) is 5.69 Å². The topological polar surface area (TPSA) is 78.2 Å². The number of aliphatic carboxylic acids is 1. The summed E-state index contributed by atoms with van der Waals surface area (Å²) in [6.45, 7) is 0.623. The third-order valence-electron chi connectivity index (χ3n) is 1.80. The van der Waals surface area contributed by atoms with E-state index in [9.17, 15) is 9.90 Å². The summed E-state index contributed by atoms with van der Waals surface area (Å²) in [4.78, 5) is 10.1. The number of anilines is 2. The summed E-state index contributed by atoms with van der Waals surface area (Å²) in [7, 11) is 0. The van der Waals surface area contributed by atoms with E-state index in [0.29, 0.717) is 18.7 Å². The summed E-state index contributed by atoms with van der Waals surface area (Å²) in [6, 6.07) is 7.30. The summed E-state index contributed by atoms with van der Waals surface area (Å²) in [5.74, 6) is -1.01. The molecule has 0 aliphatic carbocycles. The van der Waals surface area contributed by atoms with E-state index in [1.165, 1.54) is 0 Å². The van der Waals surface area contributed by atoms with Crippen LogP contribution in [0.3, 0.4) is 0 Å². The Morgan fingerprint density at radius 3 is 2.57 bits per heavy atom. The third-order valence-corrected chi connectivity index (χ3v) is 1.80. The van der Waals surface area contributed by atoms with Gasteiger partial charge in [0.15, 0.2) is 0 Å². The summed E-state index contributed by atoms with van der Waals surface area (Å²) < 4.78 is 0. The monoisotopic (exact) mass is 193 g/mol. The second-order valence-corrected chi connectivity index (χ2v) is 3.02. The molecule has 76 valence electrons. The quantitative estimate of drug-likeness (QED) is 0.517. The molecule has 0 aliphatic rings. The zero-order valence-corrected chi connectivity index (χ0v) is 7.82. The lowest BCUT2D eigenvalue weighted by molar-refractivity contribution is -0.305. The average molecular weight is 193 g/mol. The van der Waals surface area contributed by atoms with Crippen molar-refractivity contribution in [2.45, 2.75) is 12.8 Å². The second-order valence-electron chi connectivity index (χ2n) is 3.02. The van der Waals surface area contributed by atoms with Gasteiger partial charge in [-0.3, -0.25) is 0 Å². The predicted octanol–water partition coefficient (Wildman–Crippen LogP) is 0.211. The molecule has 0 spiro atoms. The second kappa shape index (κ2) is 5.11. The van der Waals surface area contributed by atoms with Crippen LogP contribution in [0.15, 0.2) is 24.3 Å². The van der Waals surface area contributed by atoms with Crippen molar-refractivity contribution in [3.05, 3.63) is 24.3 Å². The number of rotatable bonds is 5. The molecular weight excluding hydrogens is 180 g/mol. The van der Waals surface area contributed by atoms with Crippen molar-refractivity contribution in [1.29, 1.82) is 0 Å². The van der Waals surface area contributed by atoms with E-state index < -0.39 is 5.97 Å². The Balaban J connectivity index is 2.25. The van der Waals surface area contributed by atoms with Gasteiger partial charge in [-0.2, -0.15) is 0 Å². The number of nitrogens with two attached hydrogens (primary N) is 1. The van der Waals surface area contributed by atoms with Crippen LogP contribution in [0.25, 0.3) is 0 Å². The van der Waals surface area contributed by atoms with Crippen molar-refractivity contribution in [1.82, 2.24) is 0 Å². The Labute approximate surface area is 82.7 Å². The fourth-order valence-corrected chi connectivity index (χ4v) is 1.07. The van der Waals surface area contributed by atoms with Crippen LogP contribution >= 0.6 is 0 Å². The third kappa shape index (κ3) is 3.80. The summed E-state index contributed by atoms with van der Waals surface area (Å²) in [6.07, 6.45) is 0.648. The maximum atomic E-state index is 10.1. The van der Waals surface area contributed by atoms with Gasteiger partial charge >= 0.3 is 0 Å². The Kier molecular flexibility index (Phi) is 3.79. The van der Waals surface area contributed by atoms with Crippen LogP contribution < -0.4 is 16.2 Å². The van der Waals surface area contributed by atoms with Gasteiger partial charge < -0.3 is 21.0 Å². The van der Waals surface area contributed by atoms with Crippen LogP contribution in [0.2, 0.25) is 0 Å². The molecule has 0 fully saturated rings. The maximum absolute atomic E-state index is 10.1. The van der Waals surface area contributed by atoms with Gasteiger partial charge in [-0.1, -0.05) is 0 Å². The lowest BCUT2D eigenvalue weighted by Gasteiger charge is -2.06. The van der Waals surface area contributed by atoms with Crippen LogP contribution in [0.1, 0.15) is 12.8 Å². The van der Waals surface area contributed by atoms with Gasteiger partial charge in [0.25, 0.3) is 0 Å². The molecule has 0 unspecified atom stereocenters. The molecule has 0 bridgehead atoms. The average Bonchev–Trinajstić information content (AvgIpc) is 2.15. The molecular formula is C10H13N2O2-. The highest BCUT2D eigenvalue weighted by Gasteiger charge is 1.91. The highest BCUT2D eigenvalue weighted by Crippen LogP contribution is 2.10. The molecule has 4 nitrogen and oxygen atoms in total. The minimum absolute atomic E-state index is 0.0853. The molecule has 0 radical (unpaired) electrons. The Bertz CT molecular complexity index is 295. The molecule has 1 aromatic carbocycles. The highest BCUT2D eigenvalue weighted by molar-refractivity contribution is 5.64. The number of hydrogen-bond acceptors (Lipinski definition) is 4. The summed E-state index contributed by atoms with van der Waals surface area (Å²) in [5.41, 5.74) is 7.16. The van der Waals surface area contributed by atoms with Crippen LogP contribution in [0.5, 0.6) is 0 Å². The van der Waals surface area contributed by atoms with Crippen molar-refractivity contribution in [3.63, 3.8) is 0 Å². The van der Waals surface area contributed by atoms with Gasteiger partial charge in [-0.25, -0.2) is 0 Å². The largest absolute Gasteiger partial charge is 0.550 e. The molecule has 0 amide bonds. The summed E-state index contributed by atoms with van der Waals surface area (Å²) >= 11 is 0. The van der Waals surface area contributed by atoms with Crippen LogP contribution in [-0.4, -0.2) is 12.5 Å². The molecule has 4 heteroatoms. The first kappa shape index (κ1) is 10.4. The van der Waals surface area contributed by atoms with E-state index in [-0.39, 0.29) is 6.42 Å². The van der Waals surface area contributed by atoms with Crippen LogP contribution in [-0.2, 0) is 4.79 Å². The Morgan fingerprint density at radius 1 is 1.36 bits per heavy atom. The fourth-order valence-electron chi connectivity index (χ4n) is 1.07. The maximum Gasteiger partial charge on any atom is 0.0415 e. The molecule has 3 N–H and O–H groups in total. The first-order chi connectivity index (χ1) is 6.68. The summed E-state index contributed by atoms with van der Waals surface area (Å²) in [5, 5.41) is 13.2. The zero-order chi connectivity index (χ0) is 10.4. The molecule has 0 aliphatic heterocycles. The minimum atomic E-state index is -1.01.